The van der Waals surface area contributed by atoms with E-state index < -0.39 is 12.1 Å². The van der Waals surface area contributed by atoms with Crippen molar-refractivity contribution in [2.75, 3.05) is 0 Å². The van der Waals surface area contributed by atoms with E-state index >= 15 is 0 Å². The summed E-state index contributed by atoms with van der Waals surface area (Å²) >= 11 is 0. The van der Waals surface area contributed by atoms with Gasteiger partial charge in [0.15, 0.2) is 0 Å². The lowest BCUT2D eigenvalue weighted by Gasteiger charge is -2.38. The molecule has 1 aromatic heterocycles. The van der Waals surface area contributed by atoms with Gasteiger partial charge >= 0.3 is 0 Å². The summed E-state index contributed by atoms with van der Waals surface area (Å²) in [6.07, 6.45) is 0.911. The first kappa shape index (κ1) is 23.1. The van der Waals surface area contributed by atoms with Gasteiger partial charge in [-0.05, 0) is 49.4 Å². The average molecular weight is 473 g/mol. The van der Waals surface area contributed by atoms with Gasteiger partial charge in [0.05, 0.1) is 6.04 Å². The molecule has 0 bridgehead atoms. The highest BCUT2D eigenvalue weighted by Crippen LogP contribution is 2.46. The van der Waals surface area contributed by atoms with Crippen LogP contribution in [0.5, 0.6) is 0 Å². The predicted molar refractivity (Wildman–Crippen MR) is 135 cm³/mol. The minimum Gasteiger partial charge on any atom is -0.356 e. The Morgan fingerprint density at radius 1 is 1.03 bits per heavy atom. The second-order valence-corrected chi connectivity index (χ2v) is 10.3. The Bertz CT molecular complexity index is 1310. The first-order chi connectivity index (χ1) is 16.8. The van der Waals surface area contributed by atoms with Gasteiger partial charge in [-0.1, -0.05) is 50.2 Å². The molecule has 3 aromatic rings. The zero-order valence-corrected chi connectivity index (χ0v) is 20.6. The molecule has 182 valence electrons. The fraction of sp³-hybridized carbons (Fsp3) is 0.393. The summed E-state index contributed by atoms with van der Waals surface area (Å²) in [5.41, 5.74) is 4.53. The topological polar surface area (TPSA) is 94.3 Å². The minimum atomic E-state index is -0.715. The summed E-state index contributed by atoms with van der Waals surface area (Å²) in [4.78, 5) is 45.5. The molecule has 0 saturated carbocycles. The highest BCUT2D eigenvalue weighted by atomic mass is 16.2. The van der Waals surface area contributed by atoms with Crippen molar-refractivity contribution in [1.82, 2.24) is 20.5 Å². The molecule has 3 atom stereocenters. The number of aromatic nitrogens is 1. The molecule has 2 aliphatic rings. The van der Waals surface area contributed by atoms with Gasteiger partial charge in [0, 0.05) is 34.6 Å². The Balaban J connectivity index is 1.55. The predicted octanol–water partition coefficient (Wildman–Crippen LogP) is 3.69. The summed E-state index contributed by atoms with van der Waals surface area (Å²) < 4.78 is 0. The third-order valence-electron chi connectivity index (χ3n) is 6.93. The Labute approximate surface area is 205 Å². The molecule has 2 aromatic carbocycles. The molecule has 0 aliphatic carbocycles. The first-order valence-corrected chi connectivity index (χ1v) is 12.4. The summed E-state index contributed by atoms with van der Waals surface area (Å²) in [6.45, 7) is 7.85. The van der Waals surface area contributed by atoms with Gasteiger partial charge in [0.1, 0.15) is 12.1 Å². The molecule has 0 fully saturated rings. The van der Waals surface area contributed by atoms with Crippen LogP contribution in [0.3, 0.4) is 0 Å². The van der Waals surface area contributed by atoms with Gasteiger partial charge < -0.3 is 20.5 Å². The zero-order valence-electron chi connectivity index (χ0n) is 20.6. The second-order valence-electron chi connectivity index (χ2n) is 10.3. The minimum absolute atomic E-state index is 0.0310. The Morgan fingerprint density at radius 3 is 2.49 bits per heavy atom. The van der Waals surface area contributed by atoms with Crippen LogP contribution in [0.15, 0.2) is 48.5 Å². The third-order valence-corrected chi connectivity index (χ3v) is 6.93. The van der Waals surface area contributed by atoms with E-state index in [1.807, 2.05) is 70.2 Å². The summed E-state index contributed by atoms with van der Waals surface area (Å²) in [5.74, 6) is -0.424. The van der Waals surface area contributed by atoms with E-state index in [2.05, 4.69) is 21.7 Å². The number of para-hydroxylation sites is 1. The van der Waals surface area contributed by atoms with E-state index in [9.17, 15) is 14.4 Å². The normalized spacial score (nSPS) is 19.5. The highest BCUT2D eigenvalue weighted by Gasteiger charge is 2.49. The fourth-order valence-corrected chi connectivity index (χ4v) is 5.49. The lowest BCUT2D eigenvalue weighted by molar-refractivity contribution is -0.132. The number of nitrogens with zero attached hydrogens (tertiary/aromatic N) is 1. The maximum Gasteiger partial charge on any atom is 0.255 e. The zero-order chi connectivity index (χ0) is 24.9. The number of hydrogen-bond donors (Lipinski definition) is 3. The highest BCUT2D eigenvalue weighted by molar-refractivity contribution is 6.04. The number of amides is 3. The number of carbonyl (C=O) groups excluding carboxylic acids is 3. The summed E-state index contributed by atoms with van der Waals surface area (Å²) in [6, 6.07) is 13.8. The smallest absolute Gasteiger partial charge is 0.255 e. The van der Waals surface area contributed by atoms with Gasteiger partial charge in [0.25, 0.3) is 5.91 Å². The lowest BCUT2D eigenvalue weighted by Crippen LogP contribution is -2.57. The Kier molecular flexibility index (Phi) is 5.87. The molecule has 2 aliphatic heterocycles. The van der Waals surface area contributed by atoms with E-state index in [-0.39, 0.29) is 35.7 Å². The molecule has 7 heteroatoms. The number of fused-ring (bicyclic) bond motifs is 7. The van der Waals surface area contributed by atoms with Crippen molar-refractivity contribution >= 4 is 28.6 Å². The van der Waals surface area contributed by atoms with Crippen molar-refractivity contribution in [2.24, 2.45) is 5.92 Å². The SMILES string of the molecule is CC(C)C[C@H](NC(=O)[C@@H]1Cc2c([nH]c3ccccc23)[C@@H]2c3ccccc3C(=O)N21)C(=O)NC(C)C. The van der Waals surface area contributed by atoms with Crippen LogP contribution in [-0.2, 0) is 16.0 Å². The van der Waals surface area contributed by atoms with Crippen molar-refractivity contribution in [1.29, 1.82) is 0 Å². The standard InChI is InChI=1S/C28H32N4O3/c1-15(2)13-22(26(33)29-16(3)4)31-27(34)23-14-20-17-9-7-8-12-21(17)30-24(20)25-18-10-5-6-11-19(18)28(35)32(23)25/h5-12,15-16,22-23,25,30H,13-14H2,1-4H3,(H,29,33)(H,31,34)/t22-,23-,25-/m0/s1. The number of rotatable bonds is 6. The number of hydrogen-bond acceptors (Lipinski definition) is 3. The quantitative estimate of drug-likeness (QED) is 0.511. The molecule has 0 radical (unpaired) electrons. The fourth-order valence-electron chi connectivity index (χ4n) is 5.49. The molecule has 3 N–H and O–H groups in total. The number of H-pyrrole nitrogens is 1. The van der Waals surface area contributed by atoms with E-state index in [0.29, 0.717) is 18.4 Å². The molecule has 3 heterocycles. The van der Waals surface area contributed by atoms with Crippen LogP contribution in [0.2, 0.25) is 0 Å². The first-order valence-electron chi connectivity index (χ1n) is 12.4. The van der Waals surface area contributed by atoms with Gasteiger partial charge in [0.2, 0.25) is 11.8 Å². The number of benzene rings is 2. The van der Waals surface area contributed by atoms with Crippen LogP contribution >= 0.6 is 0 Å². The molecular weight excluding hydrogens is 440 g/mol. The molecule has 0 saturated heterocycles. The average Bonchev–Trinajstić information content (AvgIpc) is 3.33. The maximum atomic E-state index is 13.8. The monoisotopic (exact) mass is 472 g/mol. The third kappa shape index (κ3) is 3.99. The van der Waals surface area contributed by atoms with Crippen LogP contribution in [0, 0.1) is 5.92 Å². The van der Waals surface area contributed by atoms with E-state index in [1.54, 1.807) is 4.90 Å². The van der Waals surface area contributed by atoms with Crippen LogP contribution < -0.4 is 10.6 Å². The van der Waals surface area contributed by atoms with Gasteiger partial charge in [-0.15, -0.1) is 0 Å². The molecular formula is C28H32N4O3. The van der Waals surface area contributed by atoms with E-state index in [1.165, 1.54) is 0 Å². The van der Waals surface area contributed by atoms with E-state index in [0.717, 1.165) is 27.7 Å². The number of nitrogens with one attached hydrogen (secondary N) is 3. The van der Waals surface area contributed by atoms with Crippen molar-refractivity contribution in [3.8, 4) is 0 Å². The summed E-state index contributed by atoms with van der Waals surface area (Å²) in [7, 11) is 0. The number of carbonyl (C=O) groups is 3. The Morgan fingerprint density at radius 2 is 1.74 bits per heavy atom. The van der Waals surface area contributed by atoms with Gasteiger partial charge in [-0.3, -0.25) is 14.4 Å². The largest absolute Gasteiger partial charge is 0.356 e. The van der Waals surface area contributed by atoms with Crippen molar-refractivity contribution in [3.63, 3.8) is 0 Å². The molecule has 0 unspecified atom stereocenters. The molecule has 7 nitrogen and oxygen atoms in total. The molecule has 0 spiro atoms. The lowest BCUT2D eigenvalue weighted by atomic mass is 9.89. The van der Waals surface area contributed by atoms with Crippen LogP contribution in [0.1, 0.15) is 67.3 Å². The van der Waals surface area contributed by atoms with Crippen LogP contribution in [-0.4, -0.2) is 45.7 Å². The molecule has 5 rings (SSSR count). The van der Waals surface area contributed by atoms with E-state index in [4.69, 9.17) is 0 Å². The van der Waals surface area contributed by atoms with Gasteiger partial charge in [-0.25, -0.2) is 0 Å². The molecule has 3 amide bonds. The van der Waals surface area contributed by atoms with Crippen molar-refractivity contribution < 1.29 is 14.4 Å². The van der Waals surface area contributed by atoms with Crippen LogP contribution in [0.25, 0.3) is 10.9 Å². The van der Waals surface area contributed by atoms with Crippen molar-refractivity contribution in [2.45, 2.75) is 64.7 Å². The number of aromatic amines is 1. The molecule has 35 heavy (non-hydrogen) atoms. The Hall–Kier alpha value is -3.61. The second kappa shape index (κ2) is 8.87. The summed E-state index contributed by atoms with van der Waals surface area (Å²) in [5, 5.41) is 6.98. The van der Waals surface area contributed by atoms with Crippen molar-refractivity contribution in [3.05, 3.63) is 70.9 Å². The van der Waals surface area contributed by atoms with Gasteiger partial charge in [-0.2, -0.15) is 0 Å². The maximum absolute atomic E-state index is 13.8. The van der Waals surface area contributed by atoms with Crippen LogP contribution in [0.4, 0.5) is 0 Å².